The molecule has 0 fully saturated rings. The Hall–Kier alpha value is -1.95. The lowest BCUT2D eigenvalue weighted by Crippen LogP contribution is -2.60. The molecule has 1 aromatic rings. The van der Waals surface area contributed by atoms with E-state index in [0.717, 1.165) is 8.28 Å². The van der Waals surface area contributed by atoms with E-state index >= 15 is 0 Å². The van der Waals surface area contributed by atoms with Crippen LogP contribution in [-0.2, 0) is 16.8 Å². The molecule has 0 aliphatic heterocycles. The van der Waals surface area contributed by atoms with Gasteiger partial charge in [0.25, 0.3) is 6.33 Å². The van der Waals surface area contributed by atoms with Gasteiger partial charge in [-0.05, 0) is 12.8 Å². The SMILES string of the molecule is CN(C)S(=O)(=O)n1cc[n+](CCCCC#CCC(F)(F)C(F)(F)C(F)(F)C(F)(F)F)c1. The first-order chi connectivity index (χ1) is 13.9. The third-order valence-corrected chi connectivity index (χ3v) is 5.68. The average Bonchev–Trinajstić information content (AvgIpc) is 3.09. The maximum Gasteiger partial charge on any atom is 0.460 e. The van der Waals surface area contributed by atoms with E-state index in [2.05, 4.69) is 0 Å². The number of aromatic nitrogens is 2. The molecule has 0 aliphatic rings. The van der Waals surface area contributed by atoms with Gasteiger partial charge in [0.2, 0.25) is 0 Å². The Morgan fingerprint density at radius 1 is 0.935 bits per heavy atom. The lowest BCUT2D eigenvalue weighted by molar-refractivity contribution is -0.696. The first-order valence-electron chi connectivity index (χ1n) is 8.54. The van der Waals surface area contributed by atoms with Gasteiger partial charge < -0.3 is 0 Å². The maximum absolute atomic E-state index is 13.3. The molecule has 0 saturated heterocycles. The van der Waals surface area contributed by atoms with Crippen LogP contribution in [0.1, 0.15) is 25.7 Å². The van der Waals surface area contributed by atoms with Crippen molar-refractivity contribution in [1.29, 1.82) is 0 Å². The summed E-state index contributed by atoms with van der Waals surface area (Å²) in [7, 11) is -1.02. The van der Waals surface area contributed by atoms with Crippen molar-refractivity contribution >= 4 is 10.2 Å². The Balaban J connectivity index is 2.58. The highest BCUT2D eigenvalue weighted by Gasteiger charge is 2.81. The summed E-state index contributed by atoms with van der Waals surface area (Å²) in [5, 5.41) is 0. The summed E-state index contributed by atoms with van der Waals surface area (Å²) in [6, 6.07) is 0. The Morgan fingerprint density at radius 3 is 2.03 bits per heavy atom. The molecule has 0 N–H and O–H groups in total. The minimum atomic E-state index is -6.92. The quantitative estimate of drug-likeness (QED) is 0.231. The van der Waals surface area contributed by atoms with Gasteiger partial charge in [-0.2, -0.15) is 52.2 Å². The van der Waals surface area contributed by atoms with Gasteiger partial charge >= 0.3 is 34.2 Å². The van der Waals surface area contributed by atoms with Crippen molar-refractivity contribution in [2.45, 2.75) is 56.2 Å². The van der Waals surface area contributed by atoms with E-state index in [1.54, 1.807) is 0 Å². The molecule has 0 aliphatic carbocycles. The molecule has 0 radical (unpaired) electrons. The second-order valence-corrected chi connectivity index (χ2v) is 8.66. The zero-order valence-corrected chi connectivity index (χ0v) is 17.1. The van der Waals surface area contributed by atoms with Crippen molar-refractivity contribution in [3.05, 3.63) is 18.7 Å². The van der Waals surface area contributed by atoms with E-state index in [-0.39, 0.29) is 12.8 Å². The fourth-order valence-corrected chi connectivity index (χ4v) is 2.95. The summed E-state index contributed by atoms with van der Waals surface area (Å²) in [4.78, 5) is 0. The number of rotatable bonds is 9. The van der Waals surface area contributed by atoms with Crippen molar-refractivity contribution in [1.82, 2.24) is 8.28 Å². The molecular weight excluding hydrogens is 469 g/mol. The molecule has 0 saturated carbocycles. The zero-order chi connectivity index (χ0) is 24.3. The number of unbranched alkanes of at least 4 members (excludes halogenated alkanes) is 2. The van der Waals surface area contributed by atoms with Crippen molar-refractivity contribution in [3.8, 4) is 11.8 Å². The van der Waals surface area contributed by atoms with Gasteiger partial charge in [-0.1, -0.05) is 5.92 Å². The number of nitrogens with zero attached hydrogens (tertiary/aromatic N) is 3. The molecule has 5 nitrogen and oxygen atoms in total. The van der Waals surface area contributed by atoms with Gasteiger partial charge in [0.15, 0.2) is 0 Å². The second kappa shape index (κ2) is 9.27. The summed E-state index contributed by atoms with van der Waals surface area (Å²) >= 11 is 0. The number of halogens is 9. The van der Waals surface area contributed by atoms with E-state index in [1.165, 1.54) is 43.3 Å². The smallest absolute Gasteiger partial charge is 0.236 e. The number of hydrogen-bond acceptors (Lipinski definition) is 2. The van der Waals surface area contributed by atoms with Gasteiger partial charge in [-0.3, -0.25) is 0 Å². The van der Waals surface area contributed by atoms with Gasteiger partial charge in [-0.25, -0.2) is 4.57 Å². The monoisotopic (exact) mass is 488 g/mol. The Kier molecular flexibility index (Phi) is 8.10. The summed E-state index contributed by atoms with van der Waals surface area (Å²) in [6.07, 6.45) is -4.51. The highest BCUT2D eigenvalue weighted by molar-refractivity contribution is 7.87. The molecule has 1 heterocycles. The van der Waals surface area contributed by atoms with Crippen LogP contribution in [0.15, 0.2) is 18.7 Å². The minimum Gasteiger partial charge on any atom is -0.236 e. The third kappa shape index (κ3) is 5.85. The van der Waals surface area contributed by atoms with Crippen LogP contribution in [0.4, 0.5) is 39.5 Å². The lowest BCUT2D eigenvalue weighted by Gasteiger charge is -2.32. The Bertz CT molecular complexity index is 913. The summed E-state index contributed by atoms with van der Waals surface area (Å²) in [6.45, 7) is 0.295. The van der Waals surface area contributed by atoms with Gasteiger partial charge in [0, 0.05) is 20.5 Å². The predicted molar refractivity (Wildman–Crippen MR) is 89.8 cm³/mol. The zero-order valence-electron chi connectivity index (χ0n) is 16.2. The highest BCUT2D eigenvalue weighted by Crippen LogP contribution is 2.53. The lowest BCUT2D eigenvalue weighted by atomic mass is 10.0. The van der Waals surface area contributed by atoms with E-state index in [4.69, 9.17) is 0 Å². The summed E-state index contributed by atoms with van der Waals surface area (Å²) < 4.78 is 141. The van der Waals surface area contributed by atoms with Gasteiger partial charge in [-0.15, -0.1) is 9.89 Å². The van der Waals surface area contributed by atoms with E-state index in [1.807, 2.05) is 5.92 Å². The van der Waals surface area contributed by atoms with Crippen LogP contribution in [-0.4, -0.2) is 54.7 Å². The van der Waals surface area contributed by atoms with E-state index < -0.39 is 40.6 Å². The van der Waals surface area contributed by atoms with Crippen LogP contribution in [0.25, 0.3) is 0 Å². The van der Waals surface area contributed by atoms with Crippen LogP contribution >= 0.6 is 0 Å². The molecule has 0 amide bonds. The van der Waals surface area contributed by atoms with Crippen LogP contribution in [0.2, 0.25) is 0 Å². The fourth-order valence-electron chi connectivity index (χ4n) is 2.12. The first-order valence-corrected chi connectivity index (χ1v) is 9.93. The molecule has 31 heavy (non-hydrogen) atoms. The number of aryl methyl sites for hydroxylation is 1. The van der Waals surface area contributed by atoms with Gasteiger partial charge in [0.1, 0.15) is 12.4 Å². The topological polar surface area (TPSA) is 46.2 Å². The maximum atomic E-state index is 13.3. The number of alkyl halides is 9. The predicted octanol–water partition coefficient (Wildman–Crippen LogP) is 3.46. The average molecular weight is 488 g/mol. The molecule has 0 aromatic carbocycles. The van der Waals surface area contributed by atoms with Crippen molar-refractivity contribution in [2.24, 2.45) is 0 Å². The Labute approximate surface area is 172 Å². The minimum absolute atomic E-state index is 0.116. The van der Waals surface area contributed by atoms with Crippen molar-refractivity contribution < 1.29 is 52.5 Å². The van der Waals surface area contributed by atoms with E-state index in [0.29, 0.717) is 13.0 Å². The largest absolute Gasteiger partial charge is 0.460 e. The standard InChI is InChI=1S/C16H19F9N3O2S/c1-26(2)31(29,30)28-11-10-27(12-28)9-7-5-3-4-6-8-13(17,18)14(19,20)15(21,22)16(23,24)25/h10-12H,3,5,7-9H2,1-2H3/q+1. The van der Waals surface area contributed by atoms with Crippen molar-refractivity contribution in [3.63, 3.8) is 0 Å². The van der Waals surface area contributed by atoms with Crippen LogP contribution < -0.4 is 4.57 Å². The first kappa shape index (κ1) is 27.1. The number of hydrogen-bond donors (Lipinski definition) is 0. The molecule has 0 bridgehead atoms. The number of imidazole rings is 1. The molecule has 178 valence electrons. The normalized spacial score (nSPS) is 13.9. The summed E-state index contributed by atoms with van der Waals surface area (Å²) in [5.74, 6) is -15.7. The molecule has 1 aromatic heterocycles. The molecule has 15 heteroatoms. The van der Waals surface area contributed by atoms with Crippen LogP contribution in [0.5, 0.6) is 0 Å². The molecule has 0 unspecified atom stereocenters. The van der Waals surface area contributed by atoms with Gasteiger partial charge in [0.05, 0.1) is 13.0 Å². The summed E-state index contributed by atoms with van der Waals surface area (Å²) in [5.41, 5.74) is 0. The Morgan fingerprint density at radius 2 is 1.52 bits per heavy atom. The third-order valence-electron chi connectivity index (χ3n) is 4.01. The molecule has 1 rings (SSSR count). The van der Waals surface area contributed by atoms with E-state index in [9.17, 15) is 47.9 Å². The van der Waals surface area contributed by atoms with Crippen molar-refractivity contribution in [2.75, 3.05) is 14.1 Å². The second-order valence-electron chi connectivity index (χ2n) is 6.61. The molecule has 0 spiro atoms. The molecule has 0 atom stereocenters. The van der Waals surface area contributed by atoms with Crippen LogP contribution in [0, 0.1) is 11.8 Å². The fraction of sp³-hybridized carbons (Fsp3) is 0.688. The van der Waals surface area contributed by atoms with Crippen LogP contribution in [0.3, 0.4) is 0 Å². The molecular formula is C16H19F9N3O2S+. The highest BCUT2D eigenvalue weighted by atomic mass is 32.2.